The summed E-state index contributed by atoms with van der Waals surface area (Å²) in [6.45, 7) is 5.00. The van der Waals surface area contributed by atoms with Gasteiger partial charge in [-0.3, -0.25) is 9.48 Å². The lowest BCUT2D eigenvalue weighted by Gasteiger charge is -2.06. The third-order valence-electron chi connectivity index (χ3n) is 2.95. The number of nitrogens with zero attached hydrogens (tertiary/aromatic N) is 2. The van der Waals surface area contributed by atoms with E-state index in [1.165, 1.54) is 6.08 Å². The van der Waals surface area contributed by atoms with Crippen LogP contribution in [-0.2, 0) is 6.54 Å². The van der Waals surface area contributed by atoms with Crippen molar-refractivity contribution >= 4 is 11.9 Å². The monoisotopic (exact) mass is 286 g/mol. The second kappa shape index (κ2) is 6.74. The fourth-order valence-electron chi connectivity index (χ4n) is 1.84. The molecule has 0 aliphatic rings. The van der Waals surface area contributed by atoms with Gasteiger partial charge in [-0.1, -0.05) is 12.1 Å². The van der Waals surface area contributed by atoms with Gasteiger partial charge in [0.25, 0.3) is 0 Å². The Labute approximate surface area is 123 Å². The lowest BCUT2D eigenvalue weighted by atomic mass is 10.1. The summed E-state index contributed by atoms with van der Waals surface area (Å²) in [5.74, 6) is 0.385. The lowest BCUT2D eigenvalue weighted by Crippen LogP contribution is -1.94. The van der Waals surface area contributed by atoms with Crippen LogP contribution in [0.2, 0.25) is 0 Å². The summed E-state index contributed by atoms with van der Waals surface area (Å²) in [6, 6.07) is 4.96. The molecule has 110 valence electrons. The molecule has 0 spiro atoms. The maximum atomic E-state index is 12.0. The van der Waals surface area contributed by atoms with Gasteiger partial charge >= 0.3 is 0 Å². The van der Waals surface area contributed by atoms with Crippen LogP contribution in [0.25, 0.3) is 6.08 Å². The molecule has 0 radical (unpaired) electrons. The Morgan fingerprint density at radius 2 is 2.24 bits per heavy atom. The van der Waals surface area contributed by atoms with Crippen molar-refractivity contribution in [2.24, 2.45) is 0 Å². The summed E-state index contributed by atoms with van der Waals surface area (Å²) in [5, 5.41) is 13.7. The van der Waals surface area contributed by atoms with Crippen LogP contribution < -0.4 is 4.74 Å². The molecule has 0 aliphatic carbocycles. The van der Waals surface area contributed by atoms with Crippen LogP contribution in [0.1, 0.15) is 29.8 Å². The second-order valence-corrected chi connectivity index (χ2v) is 4.44. The first-order valence-corrected chi connectivity index (χ1v) is 6.84. The molecule has 2 aromatic rings. The van der Waals surface area contributed by atoms with Gasteiger partial charge in [0.2, 0.25) is 0 Å². The van der Waals surface area contributed by atoms with Crippen molar-refractivity contribution in [3.63, 3.8) is 0 Å². The molecular formula is C16H18N2O3. The molecule has 0 bridgehead atoms. The summed E-state index contributed by atoms with van der Waals surface area (Å²) < 4.78 is 7.01. The number of allylic oxidation sites excluding steroid dienone is 1. The molecule has 2 rings (SSSR count). The molecule has 0 aliphatic heterocycles. The topological polar surface area (TPSA) is 64.3 Å². The Kier molecular flexibility index (Phi) is 4.77. The highest BCUT2D eigenvalue weighted by molar-refractivity contribution is 6.06. The average molecular weight is 286 g/mol. The lowest BCUT2D eigenvalue weighted by molar-refractivity contribution is 0.104. The number of aromatic nitrogens is 2. The van der Waals surface area contributed by atoms with Crippen molar-refractivity contribution in [2.45, 2.75) is 20.4 Å². The number of benzene rings is 1. The smallest absolute Gasteiger partial charge is 0.189 e. The summed E-state index contributed by atoms with van der Waals surface area (Å²) in [4.78, 5) is 12.0. The predicted molar refractivity (Wildman–Crippen MR) is 80.5 cm³/mol. The highest BCUT2D eigenvalue weighted by atomic mass is 16.5. The standard InChI is InChI=1S/C16H18N2O3/c1-3-18-11-13(10-17-18)14(19)7-5-12-6-8-15(20)16(9-12)21-4-2/h5-11,20H,3-4H2,1-2H3/b7-5+. The van der Waals surface area contributed by atoms with E-state index in [-0.39, 0.29) is 11.5 Å². The predicted octanol–water partition coefficient (Wildman–Crippen LogP) is 2.90. The van der Waals surface area contributed by atoms with Crippen LogP contribution in [0.5, 0.6) is 11.5 Å². The molecule has 0 unspecified atom stereocenters. The van der Waals surface area contributed by atoms with Crippen molar-refractivity contribution in [1.82, 2.24) is 9.78 Å². The molecule has 5 heteroatoms. The van der Waals surface area contributed by atoms with E-state index in [0.29, 0.717) is 17.9 Å². The number of aryl methyl sites for hydroxylation is 1. The average Bonchev–Trinajstić information content (AvgIpc) is 2.97. The van der Waals surface area contributed by atoms with Crippen LogP contribution in [-0.4, -0.2) is 27.3 Å². The maximum absolute atomic E-state index is 12.0. The van der Waals surface area contributed by atoms with Gasteiger partial charge in [0.15, 0.2) is 17.3 Å². The summed E-state index contributed by atoms with van der Waals surface area (Å²) in [6.07, 6.45) is 6.44. The molecule has 1 N–H and O–H groups in total. The number of aromatic hydroxyl groups is 1. The molecule has 0 amide bonds. The van der Waals surface area contributed by atoms with Crippen molar-refractivity contribution in [3.8, 4) is 11.5 Å². The van der Waals surface area contributed by atoms with Gasteiger partial charge in [-0.05, 0) is 37.6 Å². The van der Waals surface area contributed by atoms with Crippen LogP contribution in [0.3, 0.4) is 0 Å². The minimum Gasteiger partial charge on any atom is -0.504 e. The first kappa shape index (κ1) is 14.8. The van der Waals surface area contributed by atoms with E-state index < -0.39 is 0 Å². The van der Waals surface area contributed by atoms with Crippen LogP contribution in [0.15, 0.2) is 36.7 Å². The van der Waals surface area contributed by atoms with Gasteiger partial charge in [0.1, 0.15) is 0 Å². The first-order chi connectivity index (χ1) is 10.1. The molecule has 0 saturated carbocycles. The zero-order valence-electron chi connectivity index (χ0n) is 12.1. The normalized spacial score (nSPS) is 11.0. The quantitative estimate of drug-likeness (QED) is 0.655. The van der Waals surface area contributed by atoms with Crippen LogP contribution >= 0.6 is 0 Å². The summed E-state index contributed by atoms with van der Waals surface area (Å²) in [7, 11) is 0. The van der Waals surface area contributed by atoms with Gasteiger partial charge in [-0.15, -0.1) is 0 Å². The molecule has 21 heavy (non-hydrogen) atoms. The number of phenolic OH excluding ortho intramolecular Hbond substituents is 1. The van der Waals surface area contributed by atoms with Crippen molar-refractivity contribution < 1.29 is 14.6 Å². The third kappa shape index (κ3) is 3.72. The Morgan fingerprint density at radius 1 is 1.43 bits per heavy atom. The number of carbonyl (C=O) groups is 1. The SMILES string of the molecule is CCOc1cc(/C=C/C(=O)c2cnn(CC)c2)ccc1O. The molecular weight excluding hydrogens is 268 g/mol. The molecule has 1 aromatic carbocycles. The number of hydrogen-bond donors (Lipinski definition) is 1. The molecule has 1 heterocycles. The van der Waals surface area contributed by atoms with E-state index in [2.05, 4.69) is 5.10 Å². The Balaban J connectivity index is 2.13. The Bertz CT molecular complexity index is 659. The van der Waals surface area contributed by atoms with E-state index in [1.54, 1.807) is 41.4 Å². The van der Waals surface area contributed by atoms with Crippen molar-refractivity contribution in [2.75, 3.05) is 6.61 Å². The van der Waals surface area contributed by atoms with Crippen molar-refractivity contribution in [1.29, 1.82) is 0 Å². The van der Waals surface area contributed by atoms with Crippen molar-refractivity contribution in [3.05, 3.63) is 47.8 Å². The zero-order valence-corrected chi connectivity index (χ0v) is 12.1. The Morgan fingerprint density at radius 3 is 2.90 bits per heavy atom. The molecule has 1 aromatic heterocycles. The van der Waals surface area contributed by atoms with Gasteiger partial charge < -0.3 is 9.84 Å². The van der Waals surface area contributed by atoms with E-state index in [4.69, 9.17) is 4.74 Å². The molecule has 0 fully saturated rings. The molecule has 5 nitrogen and oxygen atoms in total. The summed E-state index contributed by atoms with van der Waals surface area (Å²) in [5.41, 5.74) is 1.34. The zero-order chi connectivity index (χ0) is 15.2. The van der Waals surface area contributed by atoms with Crippen LogP contribution in [0.4, 0.5) is 0 Å². The van der Waals surface area contributed by atoms with E-state index in [1.807, 2.05) is 13.8 Å². The number of carbonyl (C=O) groups excluding carboxylic acids is 1. The molecule has 0 atom stereocenters. The van der Waals surface area contributed by atoms with E-state index in [0.717, 1.165) is 12.1 Å². The maximum Gasteiger partial charge on any atom is 0.189 e. The van der Waals surface area contributed by atoms with Gasteiger partial charge in [0, 0.05) is 12.7 Å². The number of hydrogen-bond acceptors (Lipinski definition) is 4. The fraction of sp³-hybridized carbons (Fsp3) is 0.250. The van der Waals surface area contributed by atoms with Gasteiger partial charge in [-0.25, -0.2) is 0 Å². The summed E-state index contributed by atoms with van der Waals surface area (Å²) >= 11 is 0. The number of phenols is 1. The minimum atomic E-state index is -0.110. The van der Waals surface area contributed by atoms with Gasteiger partial charge in [0.05, 0.1) is 18.4 Å². The highest BCUT2D eigenvalue weighted by Crippen LogP contribution is 2.27. The number of ketones is 1. The second-order valence-electron chi connectivity index (χ2n) is 4.44. The fourth-order valence-corrected chi connectivity index (χ4v) is 1.84. The third-order valence-corrected chi connectivity index (χ3v) is 2.95. The highest BCUT2D eigenvalue weighted by Gasteiger charge is 2.05. The van der Waals surface area contributed by atoms with Gasteiger partial charge in [-0.2, -0.15) is 5.10 Å². The Hall–Kier alpha value is -2.56. The largest absolute Gasteiger partial charge is 0.504 e. The first-order valence-electron chi connectivity index (χ1n) is 6.84. The van der Waals surface area contributed by atoms with E-state index in [9.17, 15) is 9.90 Å². The molecule has 0 saturated heterocycles. The number of ether oxygens (including phenoxy) is 1. The minimum absolute atomic E-state index is 0.0875. The van der Waals surface area contributed by atoms with Crippen LogP contribution in [0, 0.1) is 0 Å². The van der Waals surface area contributed by atoms with E-state index >= 15 is 0 Å². The number of rotatable bonds is 6.